The van der Waals surface area contributed by atoms with Crippen molar-refractivity contribution < 1.29 is 14.0 Å². The van der Waals surface area contributed by atoms with Crippen LogP contribution in [0.3, 0.4) is 0 Å². The van der Waals surface area contributed by atoms with Crippen LogP contribution in [-0.4, -0.2) is 16.7 Å². The van der Waals surface area contributed by atoms with Crippen molar-refractivity contribution >= 4 is 7.60 Å². The van der Waals surface area contributed by atoms with E-state index < -0.39 is 7.60 Å². The first kappa shape index (κ1) is 12.2. The summed E-state index contributed by atoms with van der Waals surface area (Å²) in [5, 5.41) is 0. The normalized spacial score (nSPS) is 25.6. The van der Waals surface area contributed by atoms with Crippen LogP contribution >= 0.6 is 7.60 Å². The van der Waals surface area contributed by atoms with Gasteiger partial charge in [0.15, 0.2) is 0 Å². The van der Waals surface area contributed by atoms with Crippen molar-refractivity contribution in [2.75, 3.05) is 0 Å². The molecule has 0 heterocycles. The van der Waals surface area contributed by atoms with Crippen LogP contribution < -0.4 is 0 Å². The first-order chi connectivity index (χ1) is 6.56. The van der Waals surface area contributed by atoms with E-state index in [-0.39, 0.29) is 11.8 Å². The lowest BCUT2D eigenvalue weighted by Crippen LogP contribution is -2.17. The molecular weight excluding hydrogens is 199 g/mol. The fourth-order valence-corrected chi connectivity index (χ4v) is 3.68. The molecule has 1 aliphatic rings. The third-order valence-electron chi connectivity index (χ3n) is 2.94. The SMILES string of the molecule is CCC(C)OP(=O)(O)C1CCCCC1. The Morgan fingerprint density at radius 3 is 2.50 bits per heavy atom. The van der Waals surface area contributed by atoms with Crippen molar-refractivity contribution in [3.05, 3.63) is 0 Å². The Kier molecular flexibility index (Phi) is 4.62. The number of hydrogen-bond acceptors (Lipinski definition) is 2. The lowest BCUT2D eigenvalue weighted by atomic mass is 10.0. The highest BCUT2D eigenvalue weighted by Crippen LogP contribution is 2.53. The van der Waals surface area contributed by atoms with Crippen molar-refractivity contribution in [1.82, 2.24) is 0 Å². The summed E-state index contributed by atoms with van der Waals surface area (Å²) in [6.07, 6.45) is 5.72. The second-order valence-electron chi connectivity index (χ2n) is 4.18. The van der Waals surface area contributed by atoms with Gasteiger partial charge in [0.25, 0.3) is 0 Å². The lowest BCUT2D eigenvalue weighted by molar-refractivity contribution is 0.175. The Hall–Kier alpha value is 0.150. The molecule has 1 saturated carbocycles. The third kappa shape index (κ3) is 3.38. The maximum absolute atomic E-state index is 11.9. The zero-order valence-corrected chi connectivity index (χ0v) is 10.0. The van der Waals surface area contributed by atoms with E-state index in [0.29, 0.717) is 0 Å². The van der Waals surface area contributed by atoms with Gasteiger partial charge in [-0.1, -0.05) is 26.2 Å². The molecule has 84 valence electrons. The van der Waals surface area contributed by atoms with Crippen LogP contribution in [0.25, 0.3) is 0 Å². The van der Waals surface area contributed by atoms with Gasteiger partial charge in [0, 0.05) is 0 Å². The highest BCUT2D eigenvalue weighted by Gasteiger charge is 2.34. The van der Waals surface area contributed by atoms with E-state index in [4.69, 9.17) is 4.52 Å². The number of hydrogen-bond donors (Lipinski definition) is 1. The fraction of sp³-hybridized carbons (Fsp3) is 1.00. The molecule has 14 heavy (non-hydrogen) atoms. The first-order valence-corrected chi connectivity index (χ1v) is 7.21. The number of rotatable bonds is 4. The lowest BCUT2D eigenvalue weighted by Gasteiger charge is -2.27. The summed E-state index contributed by atoms with van der Waals surface area (Å²) in [5.41, 5.74) is -0.106. The van der Waals surface area contributed by atoms with Gasteiger partial charge in [0.05, 0.1) is 11.8 Å². The molecule has 0 spiro atoms. The Labute approximate surface area is 86.4 Å². The van der Waals surface area contributed by atoms with Crippen molar-refractivity contribution in [1.29, 1.82) is 0 Å². The quantitative estimate of drug-likeness (QED) is 0.739. The summed E-state index contributed by atoms with van der Waals surface area (Å²) in [5.74, 6) is 0. The minimum atomic E-state index is -3.34. The molecule has 2 unspecified atom stereocenters. The Morgan fingerprint density at radius 1 is 1.43 bits per heavy atom. The van der Waals surface area contributed by atoms with Crippen LogP contribution in [0.15, 0.2) is 0 Å². The molecule has 0 saturated heterocycles. The van der Waals surface area contributed by atoms with E-state index >= 15 is 0 Å². The molecular formula is C10H21O3P. The van der Waals surface area contributed by atoms with E-state index in [0.717, 1.165) is 32.1 Å². The third-order valence-corrected chi connectivity index (χ3v) is 5.04. The second-order valence-corrected chi connectivity index (χ2v) is 6.25. The van der Waals surface area contributed by atoms with Gasteiger partial charge < -0.3 is 9.42 Å². The molecule has 0 bridgehead atoms. The molecule has 1 rings (SSSR count). The zero-order valence-electron chi connectivity index (χ0n) is 9.11. The van der Waals surface area contributed by atoms with Gasteiger partial charge in [0.2, 0.25) is 0 Å². The highest BCUT2D eigenvalue weighted by atomic mass is 31.2. The van der Waals surface area contributed by atoms with Gasteiger partial charge >= 0.3 is 7.60 Å². The summed E-state index contributed by atoms with van der Waals surface area (Å²) in [6.45, 7) is 3.82. The molecule has 1 aliphatic carbocycles. The van der Waals surface area contributed by atoms with Crippen molar-refractivity contribution in [3.63, 3.8) is 0 Å². The standard InChI is InChI=1S/C10H21O3P/c1-3-9(2)13-14(11,12)10-7-5-4-6-8-10/h9-10H,3-8H2,1-2H3,(H,11,12). The van der Waals surface area contributed by atoms with Crippen LogP contribution in [0.1, 0.15) is 52.4 Å². The minimum Gasteiger partial charge on any atom is -0.324 e. The monoisotopic (exact) mass is 220 g/mol. The van der Waals surface area contributed by atoms with E-state index in [1.807, 2.05) is 13.8 Å². The average molecular weight is 220 g/mol. The topological polar surface area (TPSA) is 46.5 Å². The van der Waals surface area contributed by atoms with Gasteiger partial charge in [0.1, 0.15) is 0 Å². The van der Waals surface area contributed by atoms with Crippen LogP contribution in [0.5, 0.6) is 0 Å². The Morgan fingerprint density at radius 2 is 2.00 bits per heavy atom. The molecule has 0 radical (unpaired) electrons. The van der Waals surface area contributed by atoms with Gasteiger partial charge in [-0.15, -0.1) is 0 Å². The molecule has 0 aromatic heterocycles. The van der Waals surface area contributed by atoms with E-state index in [1.54, 1.807) is 0 Å². The van der Waals surface area contributed by atoms with E-state index in [9.17, 15) is 9.46 Å². The second kappa shape index (κ2) is 5.29. The molecule has 0 aromatic rings. The molecule has 4 heteroatoms. The predicted octanol–water partition coefficient (Wildman–Crippen LogP) is 3.32. The van der Waals surface area contributed by atoms with Crippen molar-refractivity contribution in [2.24, 2.45) is 0 Å². The minimum absolute atomic E-state index is 0.104. The summed E-state index contributed by atoms with van der Waals surface area (Å²) < 4.78 is 17.1. The maximum Gasteiger partial charge on any atom is 0.331 e. The maximum atomic E-state index is 11.9. The van der Waals surface area contributed by atoms with Crippen molar-refractivity contribution in [3.8, 4) is 0 Å². The van der Waals surface area contributed by atoms with Gasteiger partial charge in [-0.3, -0.25) is 4.57 Å². The summed E-state index contributed by atoms with van der Waals surface area (Å²) >= 11 is 0. The fourth-order valence-electron chi connectivity index (χ4n) is 1.83. The molecule has 0 aromatic carbocycles. The van der Waals surface area contributed by atoms with Gasteiger partial charge in [-0.2, -0.15) is 0 Å². The molecule has 2 atom stereocenters. The smallest absolute Gasteiger partial charge is 0.324 e. The predicted molar refractivity (Wildman–Crippen MR) is 57.5 cm³/mol. The first-order valence-electron chi connectivity index (χ1n) is 5.57. The van der Waals surface area contributed by atoms with Crippen molar-refractivity contribution in [2.45, 2.75) is 64.1 Å². The molecule has 0 amide bonds. The van der Waals surface area contributed by atoms with Crippen LogP contribution in [-0.2, 0) is 9.09 Å². The van der Waals surface area contributed by atoms with Gasteiger partial charge in [-0.25, -0.2) is 0 Å². The van der Waals surface area contributed by atoms with Gasteiger partial charge in [-0.05, 0) is 26.2 Å². The van der Waals surface area contributed by atoms with E-state index in [1.165, 1.54) is 6.42 Å². The van der Waals surface area contributed by atoms with Crippen LogP contribution in [0.4, 0.5) is 0 Å². The van der Waals surface area contributed by atoms with Crippen LogP contribution in [0, 0.1) is 0 Å². The molecule has 1 fully saturated rings. The zero-order chi connectivity index (χ0) is 10.6. The largest absolute Gasteiger partial charge is 0.331 e. The van der Waals surface area contributed by atoms with E-state index in [2.05, 4.69) is 0 Å². The summed E-state index contributed by atoms with van der Waals surface area (Å²) in [6, 6.07) is 0. The Balaban J connectivity index is 2.49. The average Bonchev–Trinajstić information content (AvgIpc) is 2.18. The highest BCUT2D eigenvalue weighted by molar-refractivity contribution is 7.53. The summed E-state index contributed by atoms with van der Waals surface area (Å²) in [7, 11) is -3.34. The van der Waals surface area contributed by atoms with Crippen LogP contribution in [0.2, 0.25) is 0 Å². The molecule has 3 nitrogen and oxygen atoms in total. The summed E-state index contributed by atoms with van der Waals surface area (Å²) in [4.78, 5) is 9.77. The molecule has 0 aliphatic heterocycles. The Bertz CT molecular complexity index is 211. The molecule has 1 N–H and O–H groups in total.